The third-order valence-electron chi connectivity index (χ3n) is 4.91. The Balaban J connectivity index is 1.78. The van der Waals surface area contributed by atoms with Crippen LogP contribution < -0.4 is 5.32 Å². The largest absolute Gasteiger partial charge is 0.449 e. The van der Waals surface area contributed by atoms with Crippen LogP contribution in [0.3, 0.4) is 0 Å². The summed E-state index contributed by atoms with van der Waals surface area (Å²) < 4.78 is 5.13. The second-order valence-corrected chi connectivity index (χ2v) is 6.53. The monoisotopic (exact) mass is 333 g/mol. The van der Waals surface area contributed by atoms with Crippen molar-refractivity contribution in [1.82, 2.24) is 9.88 Å². The highest BCUT2D eigenvalue weighted by molar-refractivity contribution is 5.83. The van der Waals surface area contributed by atoms with Gasteiger partial charge in [-0.3, -0.25) is 5.32 Å². The first kappa shape index (κ1) is 18.6. The molecule has 2 heterocycles. The van der Waals surface area contributed by atoms with E-state index < -0.39 is 6.09 Å². The average molecular weight is 333 g/mol. The first-order valence-electron chi connectivity index (χ1n) is 9.11. The van der Waals surface area contributed by atoms with Gasteiger partial charge in [0, 0.05) is 12.2 Å². The second-order valence-electron chi connectivity index (χ2n) is 6.53. The minimum Gasteiger partial charge on any atom is -0.449 e. The molecule has 1 saturated heterocycles. The third kappa shape index (κ3) is 5.41. The molecule has 0 aliphatic carbocycles. The highest BCUT2D eigenvalue weighted by atomic mass is 16.5. The molecular weight excluding hydrogens is 302 g/mol. The Morgan fingerprint density at radius 2 is 2.25 bits per heavy atom. The Bertz CT molecular complexity index is 530. The average Bonchev–Trinajstić information content (AvgIpc) is 3.06. The van der Waals surface area contributed by atoms with Gasteiger partial charge in [0.15, 0.2) is 0 Å². The van der Waals surface area contributed by atoms with Gasteiger partial charge in [0.25, 0.3) is 0 Å². The first-order valence-corrected chi connectivity index (χ1v) is 9.11. The molecule has 1 amide bonds. The number of rotatable bonds is 7. The van der Waals surface area contributed by atoms with Crippen LogP contribution in [0.15, 0.2) is 24.4 Å². The number of carbonyl (C=O) groups excluding carboxylic acids is 1. The molecule has 1 aliphatic heterocycles. The molecule has 2 rings (SSSR count). The molecule has 24 heavy (non-hydrogen) atoms. The zero-order valence-corrected chi connectivity index (χ0v) is 15.2. The van der Waals surface area contributed by atoms with Crippen LogP contribution >= 0.6 is 0 Å². The molecule has 0 saturated carbocycles. The number of likely N-dealkylation sites (tertiary alicyclic amines) is 1. The van der Waals surface area contributed by atoms with Gasteiger partial charge >= 0.3 is 6.09 Å². The molecule has 0 bridgehead atoms. The molecule has 1 aromatic rings. The first-order chi connectivity index (χ1) is 11.6. The number of amides is 1. The SMILES string of the molecule is CC=CCCOC(=O)Nc1cc(C2CCN(C(C)CC)CC2)c[nH]1. The van der Waals surface area contributed by atoms with E-state index >= 15 is 0 Å². The van der Waals surface area contributed by atoms with Crippen molar-refractivity contribution in [3.05, 3.63) is 30.0 Å². The summed E-state index contributed by atoms with van der Waals surface area (Å²) in [7, 11) is 0. The summed E-state index contributed by atoms with van der Waals surface area (Å²) in [4.78, 5) is 17.4. The molecule has 1 unspecified atom stereocenters. The lowest BCUT2D eigenvalue weighted by Gasteiger charge is -2.35. The fourth-order valence-electron chi connectivity index (χ4n) is 3.18. The summed E-state index contributed by atoms with van der Waals surface area (Å²) in [5.41, 5.74) is 1.28. The maximum Gasteiger partial charge on any atom is 0.412 e. The lowest BCUT2D eigenvalue weighted by Crippen LogP contribution is -2.39. The second kappa shape index (κ2) is 9.52. The van der Waals surface area contributed by atoms with E-state index in [1.807, 2.05) is 31.3 Å². The van der Waals surface area contributed by atoms with E-state index in [4.69, 9.17) is 4.74 Å². The van der Waals surface area contributed by atoms with Crippen molar-refractivity contribution < 1.29 is 9.53 Å². The van der Waals surface area contributed by atoms with Crippen molar-refractivity contribution in [2.75, 3.05) is 25.0 Å². The molecule has 5 heteroatoms. The topological polar surface area (TPSA) is 57.4 Å². The van der Waals surface area contributed by atoms with Gasteiger partial charge in [-0.15, -0.1) is 0 Å². The van der Waals surface area contributed by atoms with Crippen LogP contribution in [0.25, 0.3) is 0 Å². The molecule has 1 aromatic heterocycles. The fourth-order valence-corrected chi connectivity index (χ4v) is 3.18. The van der Waals surface area contributed by atoms with Crippen LogP contribution in [-0.2, 0) is 4.74 Å². The number of aromatic amines is 1. The number of ether oxygens (including phenoxy) is 1. The summed E-state index contributed by atoms with van der Waals surface area (Å²) in [6, 6.07) is 2.71. The van der Waals surface area contributed by atoms with Gasteiger partial charge in [0.2, 0.25) is 0 Å². The van der Waals surface area contributed by atoms with Crippen LogP contribution in [0.2, 0.25) is 0 Å². The third-order valence-corrected chi connectivity index (χ3v) is 4.91. The maximum absolute atomic E-state index is 11.7. The number of hydrogen-bond donors (Lipinski definition) is 2. The number of nitrogens with one attached hydrogen (secondary N) is 2. The lowest BCUT2D eigenvalue weighted by atomic mass is 9.90. The van der Waals surface area contributed by atoms with Crippen LogP contribution in [-0.4, -0.2) is 41.7 Å². The van der Waals surface area contributed by atoms with Crippen LogP contribution in [0, 0.1) is 0 Å². The molecule has 134 valence electrons. The number of H-pyrrole nitrogens is 1. The molecule has 2 N–H and O–H groups in total. The van der Waals surface area contributed by atoms with Crippen LogP contribution in [0.4, 0.5) is 10.6 Å². The standard InChI is InChI=1S/C19H31N3O2/c1-4-6-7-12-24-19(23)21-18-13-17(14-20-18)16-8-10-22(11-9-16)15(3)5-2/h4,6,13-16,20H,5,7-12H2,1-3H3,(H,21,23). The highest BCUT2D eigenvalue weighted by Crippen LogP contribution is 2.30. The smallest absolute Gasteiger partial charge is 0.412 e. The van der Waals surface area contributed by atoms with Gasteiger partial charge in [-0.2, -0.15) is 0 Å². The van der Waals surface area contributed by atoms with E-state index in [1.54, 1.807) is 0 Å². The van der Waals surface area contributed by atoms with Crippen molar-refractivity contribution in [1.29, 1.82) is 0 Å². The van der Waals surface area contributed by atoms with E-state index in [0.717, 1.165) is 19.5 Å². The summed E-state index contributed by atoms with van der Waals surface area (Å²) >= 11 is 0. The van der Waals surface area contributed by atoms with E-state index in [0.29, 0.717) is 24.4 Å². The van der Waals surface area contributed by atoms with Gasteiger partial charge in [-0.05, 0) is 70.2 Å². The number of hydrogen-bond acceptors (Lipinski definition) is 3. The maximum atomic E-state index is 11.7. The molecule has 1 fully saturated rings. The number of nitrogens with zero attached hydrogens (tertiary/aromatic N) is 1. The minimum atomic E-state index is -0.403. The molecule has 0 aromatic carbocycles. The van der Waals surface area contributed by atoms with Crippen molar-refractivity contribution >= 4 is 11.9 Å². The van der Waals surface area contributed by atoms with Gasteiger partial charge in [-0.25, -0.2) is 4.79 Å². The van der Waals surface area contributed by atoms with Gasteiger partial charge in [-0.1, -0.05) is 19.1 Å². The van der Waals surface area contributed by atoms with Gasteiger partial charge in [0.1, 0.15) is 5.82 Å². The predicted octanol–water partition coefficient (Wildman–Crippen LogP) is 4.51. The number of anilines is 1. The Labute approximate surface area is 145 Å². The van der Waals surface area contributed by atoms with Gasteiger partial charge < -0.3 is 14.6 Å². The zero-order valence-electron chi connectivity index (χ0n) is 15.2. The molecular formula is C19H31N3O2. The Kier molecular flexibility index (Phi) is 7.37. The van der Waals surface area contributed by atoms with Gasteiger partial charge in [0.05, 0.1) is 6.61 Å². The summed E-state index contributed by atoms with van der Waals surface area (Å²) in [5, 5.41) is 2.76. The number of aromatic nitrogens is 1. The van der Waals surface area contributed by atoms with Crippen molar-refractivity contribution in [3.63, 3.8) is 0 Å². The molecule has 5 nitrogen and oxygen atoms in total. The number of carbonyl (C=O) groups is 1. The molecule has 1 atom stereocenters. The van der Waals surface area contributed by atoms with Crippen molar-refractivity contribution in [3.8, 4) is 0 Å². The highest BCUT2D eigenvalue weighted by Gasteiger charge is 2.23. The molecule has 0 spiro atoms. The van der Waals surface area contributed by atoms with E-state index in [1.165, 1.54) is 24.8 Å². The number of piperidine rings is 1. The number of allylic oxidation sites excluding steroid dienone is 1. The predicted molar refractivity (Wildman–Crippen MR) is 98.5 cm³/mol. The van der Waals surface area contributed by atoms with Crippen molar-refractivity contribution in [2.45, 2.75) is 58.4 Å². The normalized spacial score (nSPS) is 18.0. The van der Waals surface area contributed by atoms with E-state index in [9.17, 15) is 4.79 Å². The fraction of sp³-hybridized carbons (Fsp3) is 0.632. The molecule has 0 radical (unpaired) electrons. The lowest BCUT2D eigenvalue weighted by molar-refractivity contribution is 0.158. The quantitative estimate of drug-likeness (QED) is 0.570. The van der Waals surface area contributed by atoms with Crippen LogP contribution in [0.5, 0.6) is 0 Å². The minimum absolute atomic E-state index is 0.401. The summed E-state index contributed by atoms with van der Waals surface area (Å²) in [5.74, 6) is 1.29. The van der Waals surface area contributed by atoms with E-state index in [-0.39, 0.29) is 0 Å². The Morgan fingerprint density at radius 3 is 2.92 bits per heavy atom. The van der Waals surface area contributed by atoms with Crippen molar-refractivity contribution in [2.24, 2.45) is 0 Å². The van der Waals surface area contributed by atoms with Crippen LogP contribution in [0.1, 0.15) is 57.9 Å². The zero-order chi connectivity index (χ0) is 17.4. The summed E-state index contributed by atoms with van der Waals surface area (Å²) in [6.45, 7) is 9.21. The van der Waals surface area contributed by atoms with E-state index in [2.05, 4.69) is 29.0 Å². The Morgan fingerprint density at radius 1 is 1.50 bits per heavy atom. The molecule has 1 aliphatic rings. The Hall–Kier alpha value is -1.75. The summed E-state index contributed by atoms with van der Waals surface area (Å²) in [6.07, 6.45) is 9.84.